The van der Waals surface area contributed by atoms with Crippen molar-refractivity contribution in [3.05, 3.63) is 0 Å². The third-order valence-corrected chi connectivity index (χ3v) is 2.29. The Morgan fingerprint density at radius 3 is 2.36 bits per heavy atom. The molecule has 0 aromatic rings. The lowest BCUT2D eigenvalue weighted by Gasteiger charge is -2.42. The maximum atomic E-state index is 12.3. The topological polar surface area (TPSA) is 15.3 Å². The zero-order valence-electron chi connectivity index (χ0n) is 6.32. The van der Waals surface area contributed by atoms with Crippen molar-refractivity contribution in [2.75, 3.05) is 32.7 Å². The van der Waals surface area contributed by atoms with Crippen LogP contribution in [0.5, 0.6) is 0 Å². The van der Waals surface area contributed by atoms with E-state index in [4.69, 9.17) is 0 Å². The highest BCUT2D eigenvalue weighted by atomic mass is 19.3. The molecule has 2 saturated heterocycles. The number of nitrogens with zero attached hydrogens (tertiary/aromatic N) is 1. The molecule has 0 aliphatic carbocycles. The third-order valence-electron chi connectivity index (χ3n) is 2.29. The van der Waals surface area contributed by atoms with Gasteiger partial charge in [0.05, 0.1) is 13.1 Å². The second-order valence-corrected chi connectivity index (χ2v) is 3.55. The number of hydrogen-bond acceptors (Lipinski definition) is 2. The second kappa shape index (κ2) is 2.38. The first-order chi connectivity index (χ1) is 5.16. The van der Waals surface area contributed by atoms with Crippen LogP contribution in [0, 0.1) is 5.92 Å². The summed E-state index contributed by atoms with van der Waals surface area (Å²) in [5, 5.41) is 3.12. The maximum Gasteiger partial charge on any atom is 0.272 e. The molecule has 2 fully saturated rings. The summed E-state index contributed by atoms with van der Waals surface area (Å²) in [6.45, 7) is 2.81. The van der Waals surface area contributed by atoms with Crippen molar-refractivity contribution in [3.8, 4) is 0 Å². The van der Waals surface area contributed by atoms with Crippen LogP contribution in [0.25, 0.3) is 0 Å². The first kappa shape index (κ1) is 7.43. The summed E-state index contributed by atoms with van der Waals surface area (Å²) in [5.41, 5.74) is 0. The highest BCUT2D eigenvalue weighted by Gasteiger charge is 2.44. The number of likely N-dealkylation sites (tertiary alicyclic amines) is 1. The van der Waals surface area contributed by atoms with Gasteiger partial charge in [0, 0.05) is 19.6 Å². The van der Waals surface area contributed by atoms with Crippen molar-refractivity contribution in [1.82, 2.24) is 10.2 Å². The fraction of sp³-hybridized carbons (Fsp3) is 1.00. The van der Waals surface area contributed by atoms with Crippen LogP contribution >= 0.6 is 0 Å². The predicted octanol–water partition coefficient (Wildman–Crippen LogP) is 0.157. The third kappa shape index (κ3) is 1.51. The Morgan fingerprint density at radius 1 is 1.36 bits per heavy atom. The van der Waals surface area contributed by atoms with Gasteiger partial charge in [-0.05, 0) is 5.92 Å². The summed E-state index contributed by atoms with van der Waals surface area (Å²) >= 11 is 0. The Labute approximate surface area is 64.6 Å². The fourth-order valence-corrected chi connectivity index (χ4v) is 1.58. The van der Waals surface area contributed by atoms with Gasteiger partial charge in [0.2, 0.25) is 0 Å². The molecule has 11 heavy (non-hydrogen) atoms. The molecule has 0 bridgehead atoms. The van der Waals surface area contributed by atoms with Gasteiger partial charge in [-0.15, -0.1) is 0 Å². The van der Waals surface area contributed by atoms with E-state index in [9.17, 15) is 8.78 Å². The van der Waals surface area contributed by atoms with Crippen LogP contribution in [0.15, 0.2) is 0 Å². The Kier molecular flexibility index (Phi) is 1.61. The van der Waals surface area contributed by atoms with Gasteiger partial charge in [-0.2, -0.15) is 0 Å². The monoisotopic (exact) mass is 162 g/mol. The smallest absolute Gasteiger partial charge is 0.272 e. The first-order valence-corrected chi connectivity index (χ1v) is 3.97. The van der Waals surface area contributed by atoms with Gasteiger partial charge in [-0.3, -0.25) is 4.90 Å². The summed E-state index contributed by atoms with van der Waals surface area (Å²) < 4.78 is 24.6. The fourth-order valence-electron chi connectivity index (χ4n) is 1.58. The molecule has 2 nitrogen and oxygen atoms in total. The lowest BCUT2D eigenvalue weighted by Crippen LogP contribution is -2.60. The molecule has 0 atom stereocenters. The van der Waals surface area contributed by atoms with Gasteiger partial charge in [0.25, 0.3) is 5.92 Å². The predicted molar refractivity (Wildman–Crippen MR) is 37.7 cm³/mol. The maximum absolute atomic E-state index is 12.3. The summed E-state index contributed by atoms with van der Waals surface area (Å²) in [6.07, 6.45) is 0. The van der Waals surface area contributed by atoms with Crippen LogP contribution in [0.4, 0.5) is 8.78 Å². The average molecular weight is 162 g/mol. The summed E-state index contributed by atoms with van der Waals surface area (Å²) in [4.78, 5) is 1.82. The van der Waals surface area contributed by atoms with Crippen LogP contribution in [-0.4, -0.2) is 43.5 Å². The molecular weight excluding hydrogens is 150 g/mol. The highest BCUT2D eigenvalue weighted by molar-refractivity contribution is 4.90. The van der Waals surface area contributed by atoms with Crippen molar-refractivity contribution in [3.63, 3.8) is 0 Å². The van der Waals surface area contributed by atoms with Crippen LogP contribution < -0.4 is 5.32 Å². The number of rotatable bonds is 2. The van der Waals surface area contributed by atoms with Crippen molar-refractivity contribution >= 4 is 0 Å². The Morgan fingerprint density at radius 2 is 2.00 bits per heavy atom. The molecule has 2 aliphatic heterocycles. The number of halogens is 2. The molecule has 2 heterocycles. The summed E-state index contributed by atoms with van der Waals surface area (Å²) in [5.74, 6) is -1.77. The minimum absolute atomic E-state index is 0.0243. The molecule has 2 aliphatic rings. The molecule has 0 amide bonds. The Hall–Kier alpha value is -0.220. The molecule has 0 unspecified atom stereocenters. The van der Waals surface area contributed by atoms with Gasteiger partial charge in [-0.25, -0.2) is 8.78 Å². The van der Waals surface area contributed by atoms with Gasteiger partial charge >= 0.3 is 0 Å². The van der Waals surface area contributed by atoms with E-state index < -0.39 is 5.92 Å². The van der Waals surface area contributed by atoms with E-state index in [0.29, 0.717) is 5.92 Å². The zero-order chi connectivity index (χ0) is 7.90. The Bertz CT molecular complexity index is 149. The molecule has 2 rings (SSSR count). The van der Waals surface area contributed by atoms with Crippen molar-refractivity contribution in [2.24, 2.45) is 5.92 Å². The van der Waals surface area contributed by atoms with E-state index in [0.717, 1.165) is 19.6 Å². The molecule has 0 radical (unpaired) electrons. The molecule has 0 saturated carbocycles. The zero-order valence-corrected chi connectivity index (χ0v) is 6.32. The van der Waals surface area contributed by atoms with Gasteiger partial charge in [0.15, 0.2) is 0 Å². The van der Waals surface area contributed by atoms with E-state index >= 15 is 0 Å². The average Bonchev–Trinajstić information content (AvgIpc) is 1.73. The van der Waals surface area contributed by atoms with Crippen LogP contribution in [0.3, 0.4) is 0 Å². The van der Waals surface area contributed by atoms with Crippen LogP contribution in [0.1, 0.15) is 0 Å². The van der Waals surface area contributed by atoms with Crippen molar-refractivity contribution in [2.45, 2.75) is 5.92 Å². The SMILES string of the molecule is FC1(F)CN(CC2CNC2)C1. The van der Waals surface area contributed by atoms with Gasteiger partial charge in [-0.1, -0.05) is 0 Å². The minimum Gasteiger partial charge on any atom is -0.316 e. The number of hydrogen-bond donors (Lipinski definition) is 1. The quantitative estimate of drug-likeness (QED) is 0.622. The molecule has 64 valence electrons. The van der Waals surface area contributed by atoms with Crippen molar-refractivity contribution < 1.29 is 8.78 Å². The lowest BCUT2D eigenvalue weighted by atomic mass is 10.0. The van der Waals surface area contributed by atoms with Gasteiger partial charge in [0.1, 0.15) is 0 Å². The van der Waals surface area contributed by atoms with Crippen molar-refractivity contribution in [1.29, 1.82) is 0 Å². The number of alkyl halides is 2. The van der Waals surface area contributed by atoms with E-state index in [2.05, 4.69) is 5.32 Å². The summed E-state index contributed by atoms with van der Waals surface area (Å²) in [7, 11) is 0. The minimum atomic E-state index is -2.39. The van der Waals surface area contributed by atoms with Gasteiger partial charge < -0.3 is 5.32 Å². The molecular formula is C7H12F2N2. The lowest BCUT2D eigenvalue weighted by molar-refractivity contribution is -0.135. The Balaban J connectivity index is 1.67. The largest absolute Gasteiger partial charge is 0.316 e. The molecule has 0 aromatic carbocycles. The standard InChI is InChI=1S/C7H12F2N2/c8-7(9)4-11(5-7)3-6-1-10-2-6/h6,10H,1-5H2. The van der Waals surface area contributed by atoms with E-state index in [1.54, 1.807) is 0 Å². The molecule has 4 heteroatoms. The second-order valence-electron chi connectivity index (χ2n) is 3.55. The molecule has 1 N–H and O–H groups in total. The molecule has 0 aromatic heterocycles. The normalized spacial score (nSPS) is 31.1. The van der Waals surface area contributed by atoms with E-state index in [1.165, 1.54) is 0 Å². The van der Waals surface area contributed by atoms with Crippen LogP contribution in [-0.2, 0) is 0 Å². The first-order valence-electron chi connectivity index (χ1n) is 3.97. The highest BCUT2D eigenvalue weighted by Crippen LogP contribution is 2.27. The summed E-state index contributed by atoms with van der Waals surface area (Å²) in [6, 6.07) is 0. The van der Waals surface area contributed by atoms with E-state index in [1.807, 2.05) is 4.90 Å². The number of nitrogens with one attached hydrogen (secondary N) is 1. The van der Waals surface area contributed by atoms with Crippen LogP contribution in [0.2, 0.25) is 0 Å². The van der Waals surface area contributed by atoms with E-state index in [-0.39, 0.29) is 13.1 Å². The molecule has 0 spiro atoms.